The number of rotatable bonds is 3. The van der Waals surface area contributed by atoms with Gasteiger partial charge in [0, 0.05) is 6.04 Å². The molecule has 80 valence electrons. The number of nitrogens with one attached hydrogen (secondary N) is 2. The van der Waals surface area contributed by atoms with E-state index in [1.54, 1.807) is 0 Å². The molecule has 1 aromatic rings. The number of anilines is 1. The average Bonchev–Trinajstić information content (AvgIpc) is 2.83. The second-order valence-electron chi connectivity index (χ2n) is 3.22. The molecule has 1 heterocycles. The van der Waals surface area contributed by atoms with E-state index in [4.69, 9.17) is 9.52 Å². The summed E-state index contributed by atoms with van der Waals surface area (Å²) < 4.78 is 4.73. The summed E-state index contributed by atoms with van der Waals surface area (Å²) in [4.78, 5) is 25.3. The number of carbonyl (C=O) groups excluding carboxylic acids is 1. The molecular formula is C8H9N3O4. The molecule has 1 fully saturated rings. The molecule has 3 N–H and O–H groups in total. The second-order valence-corrected chi connectivity index (χ2v) is 3.22. The van der Waals surface area contributed by atoms with Gasteiger partial charge in [-0.25, -0.2) is 10.1 Å². The van der Waals surface area contributed by atoms with Crippen molar-refractivity contribution in [2.75, 3.05) is 5.32 Å². The molecule has 0 atom stereocenters. The molecule has 2 rings (SSSR count). The molecule has 0 aromatic carbocycles. The highest BCUT2D eigenvalue weighted by molar-refractivity contribution is 5.93. The Morgan fingerprint density at radius 3 is 2.87 bits per heavy atom. The highest BCUT2D eigenvalue weighted by Crippen LogP contribution is 2.19. The number of aromatic nitrogens is 1. The van der Waals surface area contributed by atoms with Crippen LogP contribution in [0, 0.1) is 0 Å². The number of hydrogen-bond donors (Lipinski definition) is 3. The third-order valence-corrected chi connectivity index (χ3v) is 1.86. The lowest BCUT2D eigenvalue weighted by Gasteiger charge is -1.96. The van der Waals surface area contributed by atoms with Gasteiger partial charge >= 0.3 is 12.1 Å². The van der Waals surface area contributed by atoms with Gasteiger partial charge < -0.3 is 14.8 Å². The van der Waals surface area contributed by atoms with Crippen LogP contribution >= 0.6 is 0 Å². The van der Waals surface area contributed by atoms with Crippen molar-refractivity contribution in [1.29, 1.82) is 0 Å². The molecule has 0 radical (unpaired) electrons. The quantitative estimate of drug-likeness (QED) is 0.681. The molecule has 0 aliphatic heterocycles. The summed E-state index contributed by atoms with van der Waals surface area (Å²) in [7, 11) is 0. The summed E-state index contributed by atoms with van der Waals surface area (Å²) >= 11 is 0. The van der Waals surface area contributed by atoms with Gasteiger partial charge in [-0.1, -0.05) is 0 Å². The maximum Gasteiger partial charge on any atom is 0.412 e. The van der Waals surface area contributed by atoms with Gasteiger partial charge in [0.05, 0.1) is 0 Å². The summed E-state index contributed by atoms with van der Waals surface area (Å²) in [5.41, 5.74) is 0.0747. The van der Waals surface area contributed by atoms with Crippen molar-refractivity contribution in [3.8, 4) is 0 Å². The van der Waals surface area contributed by atoms with Crippen LogP contribution in [-0.2, 0) is 0 Å². The summed E-state index contributed by atoms with van der Waals surface area (Å²) in [6, 6.07) is 0.0218. The zero-order valence-electron chi connectivity index (χ0n) is 7.69. The number of amides is 2. The Morgan fingerprint density at radius 1 is 1.53 bits per heavy atom. The predicted molar refractivity (Wildman–Crippen MR) is 48.6 cm³/mol. The molecule has 15 heavy (non-hydrogen) atoms. The maximum absolute atomic E-state index is 11.4. The van der Waals surface area contributed by atoms with Gasteiger partial charge in [-0.05, 0) is 12.8 Å². The van der Waals surface area contributed by atoms with Crippen molar-refractivity contribution in [2.24, 2.45) is 0 Å². The van der Waals surface area contributed by atoms with Crippen molar-refractivity contribution in [3.05, 3.63) is 12.0 Å². The Kier molecular flexibility index (Phi) is 2.28. The molecule has 1 aromatic heterocycles. The first-order chi connectivity index (χ1) is 7.15. The van der Waals surface area contributed by atoms with Gasteiger partial charge in [0.1, 0.15) is 6.26 Å². The molecule has 0 bridgehead atoms. The Hall–Kier alpha value is -2.05. The number of hydrogen-bond acceptors (Lipinski definition) is 4. The van der Waals surface area contributed by atoms with E-state index in [0.29, 0.717) is 0 Å². The highest BCUT2D eigenvalue weighted by Gasteiger charge is 2.25. The number of nitrogens with zero attached hydrogens (tertiary/aromatic N) is 1. The molecule has 1 aliphatic carbocycles. The Balaban J connectivity index is 1.98. The monoisotopic (exact) mass is 211 g/mol. The smallest absolute Gasteiger partial charge is 0.412 e. The summed E-state index contributed by atoms with van der Waals surface area (Å²) in [6.45, 7) is 0. The van der Waals surface area contributed by atoms with E-state index in [0.717, 1.165) is 19.1 Å². The van der Waals surface area contributed by atoms with Crippen LogP contribution in [0.3, 0.4) is 0 Å². The first-order valence-electron chi connectivity index (χ1n) is 4.41. The normalized spacial score (nSPS) is 14.7. The van der Waals surface area contributed by atoms with E-state index in [-0.39, 0.29) is 23.7 Å². The molecule has 7 heteroatoms. The number of carboxylic acid groups (broad SMARTS) is 1. The van der Waals surface area contributed by atoms with Crippen LogP contribution in [0.2, 0.25) is 0 Å². The molecule has 2 amide bonds. The van der Waals surface area contributed by atoms with Crippen molar-refractivity contribution < 1.29 is 19.1 Å². The van der Waals surface area contributed by atoms with Crippen LogP contribution in [0.15, 0.2) is 10.7 Å². The molecule has 1 saturated carbocycles. The number of oxazole rings is 1. The fourth-order valence-corrected chi connectivity index (χ4v) is 1.01. The lowest BCUT2D eigenvalue weighted by molar-refractivity contribution is 0.0946. The van der Waals surface area contributed by atoms with Crippen LogP contribution in [0.1, 0.15) is 23.3 Å². The van der Waals surface area contributed by atoms with Crippen LogP contribution < -0.4 is 10.6 Å². The van der Waals surface area contributed by atoms with Crippen LogP contribution in [-0.4, -0.2) is 28.1 Å². The van der Waals surface area contributed by atoms with Crippen molar-refractivity contribution in [2.45, 2.75) is 18.9 Å². The fraction of sp³-hybridized carbons (Fsp3) is 0.375. The fourth-order valence-electron chi connectivity index (χ4n) is 1.01. The predicted octanol–water partition coefficient (Wildman–Crippen LogP) is 0.657. The van der Waals surface area contributed by atoms with Crippen LogP contribution in [0.25, 0.3) is 0 Å². The molecule has 0 saturated heterocycles. The molecule has 7 nitrogen and oxygen atoms in total. The average molecular weight is 211 g/mol. The standard InChI is InChI=1S/C8H9N3O4/c12-6(9-4-1-2-4)5-3-15-7(10-5)11-8(13)14/h3-4H,1-2H2,(H,9,12)(H,10,11)(H,13,14). The minimum atomic E-state index is -1.29. The van der Waals surface area contributed by atoms with E-state index < -0.39 is 6.09 Å². The summed E-state index contributed by atoms with van der Waals surface area (Å²) in [5, 5.41) is 13.0. The van der Waals surface area contributed by atoms with Gasteiger partial charge in [-0.15, -0.1) is 0 Å². The highest BCUT2D eigenvalue weighted by atomic mass is 16.4. The van der Waals surface area contributed by atoms with Crippen molar-refractivity contribution >= 4 is 18.0 Å². The van der Waals surface area contributed by atoms with Gasteiger partial charge in [0.15, 0.2) is 5.69 Å². The number of carbonyl (C=O) groups is 2. The molecule has 0 unspecified atom stereocenters. The second kappa shape index (κ2) is 3.60. The van der Waals surface area contributed by atoms with Gasteiger partial charge in [-0.3, -0.25) is 4.79 Å². The largest absolute Gasteiger partial charge is 0.465 e. The molecule has 1 aliphatic rings. The summed E-state index contributed by atoms with van der Waals surface area (Å²) in [5.74, 6) is -0.348. The van der Waals surface area contributed by atoms with E-state index >= 15 is 0 Å². The Labute approximate surface area is 84.5 Å². The maximum atomic E-state index is 11.4. The molecule has 0 spiro atoms. The molecular weight excluding hydrogens is 202 g/mol. The van der Waals surface area contributed by atoms with Gasteiger partial charge in [0.2, 0.25) is 0 Å². The van der Waals surface area contributed by atoms with Crippen molar-refractivity contribution in [1.82, 2.24) is 10.3 Å². The third-order valence-electron chi connectivity index (χ3n) is 1.86. The first kappa shape index (κ1) is 9.50. The van der Waals surface area contributed by atoms with Crippen LogP contribution in [0.5, 0.6) is 0 Å². The minimum Gasteiger partial charge on any atom is -0.465 e. The Bertz CT molecular complexity index is 396. The van der Waals surface area contributed by atoms with E-state index in [1.807, 2.05) is 5.32 Å². The van der Waals surface area contributed by atoms with Gasteiger partial charge in [0.25, 0.3) is 5.91 Å². The first-order valence-corrected chi connectivity index (χ1v) is 4.41. The zero-order chi connectivity index (χ0) is 10.8. The minimum absolute atomic E-state index is 0.0747. The topological polar surface area (TPSA) is 104 Å². The van der Waals surface area contributed by atoms with E-state index in [2.05, 4.69) is 10.3 Å². The van der Waals surface area contributed by atoms with Crippen LogP contribution in [0.4, 0.5) is 10.8 Å². The lowest BCUT2D eigenvalue weighted by atomic mass is 10.4. The van der Waals surface area contributed by atoms with Crippen molar-refractivity contribution in [3.63, 3.8) is 0 Å². The Morgan fingerprint density at radius 2 is 2.27 bits per heavy atom. The van der Waals surface area contributed by atoms with E-state index in [9.17, 15) is 9.59 Å². The SMILES string of the molecule is O=C(O)Nc1nc(C(=O)NC2CC2)co1. The summed E-state index contributed by atoms with van der Waals surface area (Å²) in [6.07, 6.45) is 1.78. The lowest BCUT2D eigenvalue weighted by Crippen LogP contribution is -2.25. The van der Waals surface area contributed by atoms with E-state index in [1.165, 1.54) is 0 Å². The third kappa shape index (κ3) is 2.46. The zero-order valence-corrected chi connectivity index (χ0v) is 7.69. The van der Waals surface area contributed by atoms with Gasteiger partial charge in [-0.2, -0.15) is 4.98 Å².